The zero-order chi connectivity index (χ0) is 14.9. The Balaban J connectivity index is 2.51. The fourth-order valence-electron chi connectivity index (χ4n) is 1.64. The van der Waals surface area contributed by atoms with Gasteiger partial charge in [0, 0.05) is 17.6 Å². The molecule has 0 saturated heterocycles. The van der Waals surface area contributed by atoms with Crippen LogP contribution in [0.3, 0.4) is 0 Å². The van der Waals surface area contributed by atoms with Crippen molar-refractivity contribution in [3.05, 3.63) is 58.6 Å². The summed E-state index contributed by atoms with van der Waals surface area (Å²) in [6.07, 6.45) is 0. The summed E-state index contributed by atoms with van der Waals surface area (Å²) in [6.45, 7) is 0. The van der Waals surface area contributed by atoms with E-state index in [4.69, 9.17) is 0 Å². The van der Waals surface area contributed by atoms with E-state index in [1.807, 2.05) is 0 Å². The molecule has 7 heteroatoms. The topological polar surface area (TPSA) is 37.4 Å². The largest absolute Gasteiger partial charge is 0.266 e. The van der Waals surface area contributed by atoms with Crippen LogP contribution in [-0.2, 0) is 10.0 Å². The molecular weight excluding hydrogens is 352 g/mol. The molecular formula is C13H10BrF2NO2S. The molecule has 0 aliphatic rings. The first kappa shape index (κ1) is 14.9. The van der Waals surface area contributed by atoms with E-state index in [-0.39, 0.29) is 10.6 Å². The van der Waals surface area contributed by atoms with Crippen LogP contribution in [0.4, 0.5) is 14.5 Å². The maximum Gasteiger partial charge on any atom is 0.264 e. The normalized spacial score (nSPS) is 11.4. The van der Waals surface area contributed by atoms with Gasteiger partial charge in [0.05, 0.1) is 10.6 Å². The third-order valence-corrected chi connectivity index (χ3v) is 4.96. The van der Waals surface area contributed by atoms with E-state index in [2.05, 4.69) is 15.9 Å². The predicted molar refractivity (Wildman–Crippen MR) is 76.1 cm³/mol. The molecule has 2 aromatic rings. The molecule has 106 valence electrons. The molecule has 3 nitrogen and oxygen atoms in total. The summed E-state index contributed by atoms with van der Waals surface area (Å²) < 4.78 is 52.8. The molecule has 0 fully saturated rings. The zero-order valence-electron chi connectivity index (χ0n) is 10.3. The molecule has 0 aromatic heterocycles. The molecule has 0 saturated carbocycles. The first-order chi connectivity index (χ1) is 9.32. The van der Waals surface area contributed by atoms with Crippen LogP contribution in [0.15, 0.2) is 51.8 Å². The van der Waals surface area contributed by atoms with Gasteiger partial charge in [-0.2, -0.15) is 0 Å². The molecule has 2 rings (SSSR count). The van der Waals surface area contributed by atoms with Crippen molar-refractivity contribution in [3.63, 3.8) is 0 Å². The molecule has 0 N–H and O–H groups in total. The number of rotatable bonds is 3. The van der Waals surface area contributed by atoms with Crippen molar-refractivity contribution in [2.45, 2.75) is 4.90 Å². The third kappa shape index (κ3) is 2.83. The molecule has 2 aromatic carbocycles. The summed E-state index contributed by atoms with van der Waals surface area (Å²) in [4.78, 5) is -0.0157. The summed E-state index contributed by atoms with van der Waals surface area (Å²) in [5.41, 5.74) is -0.343. The van der Waals surface area contributed by atoms with Crippen molar-refractivity contribution < 1.29 is 17.2 Å². The monoisotopic (exact) mass is 361 g/mol. The van der Waals surface area contributed by atoms with Gasteiger partial charge in [-0.25, -0.2) is 17.2 Å². The molecule has 0 bridgehead atoms. The van der Waals surface area contributed by atoms with Crippen molar-refractivity contribution in [2.24, 2.45) is 0 Å². The van der Waals surface area contributed by atoms with Crippen molar-refractivity contribution in [1.82, 2.24) is 0 Å². The maximum atomic E-state index is 13.7. The van der Waals surface area contributed by atoms with Crippen LogP contribution >= 0.6 is 15.9 Å². The first-order valence-electron chi connectivity index (χ1n) is 5.52. The molecule has 0 heterocycles. The second-order valence-electron chi connectivity index (χ2n) is 4.03. The average molecular weight is 362 g/mol. The van der Waals surface area contributed by atoms with E-state index in [1.54, 1.807) is 12.1 Å². The first-order valence-corrected chi connectivity index (χ1v) is 7.75. The number of hydrogen-bond acceptors (Lipinski definition) is 2. The maximum absolute atomic E-state index is 13.7. The Labute approximate surface area is 124 Å². The Morgan fingerprint density at radius 3 is 2.45 bits per heavy atom. The summed E-state index contributed by atoms with van der Waals surface area (Å²) in [6, 6.07) is 8.65. The predicted octanol–water partition coefficient (Wildman–Crippen LogP) is 3.55. The van der Waals surface area contributed by atoms with Crippen LogP contribution < -0.4 is 4.31 Å². The number of anilines is 1. The van der Waals surface area contributed by atoms with Gasteiger partial charge in [0.2, 0.25) is 0 Å². The fourth-order valence-corrected chi connectivity index (χ4v) is 3.43. The molecule has 0 spiro atoms. The van der Waals surface area contributed by atoms with Gasteiger partial charge in [0.15, 0.2) is 0 Å². The molecule has 20 heavy (non-hydrogen) atoms. The Kier molecular flexibility index (Phi) is 4.10. The van der Waals surface area contributed by atoms with Crippen LogP contribution in [-0.4, -0.2) is 15.5 Å². The van der Waals surface area contributed by atoms with Gasteiger partial charge in [-0.05, 0) is 30.3 Å². The summed E-state index contributed by atoms with van der Waals surface area (Å²) in [5, 5.41) is 0. The summed E-state index contributed by atoms with van der Waals surface area (Å²) in [7, 11) is -2.78. The van der Waals surface area contributed by atoms with Crippen LogP contribution in [0.1, 0.15) is 0 Å². The van der Waals surface area contributed by atoms with Gasteiger partial charge in [-0.1, -0.05) is 22.0 Å². The molecule has 0 aliphatic heterocycles. The lowest BCUT2D eigenvalue weighted by atomic mass is 10.3. The lowest BCUT2D eigenvalue weighted by Gasteiger charge is -2.20. The van der Waals surface area contributed by atoms with Gasteiger partial charge in [-0.15, -0.1) is 0 Å². The smallest absolute Gasteiger partial charge is 0.264 e. The van der Waals surface area contributed by atoms with Gasteiger partial charge < -0.3 is 0 Å². The van der Waals surface area contributed by atoms with Gasteiger partial charge >= 0.3 is 0 Å². The van der Waals surface area contributed by atoms with Crippen molar-refractivity contribution >= 4 is 31.6 Å². The van der Waals surface area contributed by atoms with Crippen LogP contribution in [0, 0.1) is 11.6 Å². The SMILES string of the molecule is CN(c1cc(F)ccc1F)S(=O)(=O)c1cccc(Br)c1. The van der Waals surface area contributed by atoms with Crippen LogP contribution in [0.2, 0.25) is 0 Å². The quantitative estimate of drug-likeness (QED) is 0.838. The highest BCUT2D eigenvalue weighted by atomic mass is 79.9. The lowest BCUT2D eigenvalue weighted by molar-refractivity contribution is 0.585. The minimum atomic E-state index is -3.96. The van der Waals surface area contributed by atoms with Crippen LogP contribution in [0.5, 0.6) is 0 Å². The number of halogens is 3. The molecule has 0 radical (unpaired) electrons. The highest BCUT2D eigenvalue weighted by Crippen LogP contribution is 2.26. The number of sulfonamides is 1. The van der Waals surface area contributed by atoms with Crippen molar-refractivity contribution in [1.29, 1.82) is 0 Å². The van der Waals surface area contributed by atoms with Gasteiger partial charge in [0.1, 0.15) is 11.6 Å². The van der Waals surface area contributed by atoms with E-state index < -0.39 is 21.7 Å². The van der Waals surface area contributed by atoms with Crippen molar-refractivity contribution in [2.75, 3.05) is 11.4 Å². The Morgan fingerprint density at radius 1 is 1.10 bits per heavy atom. The Bertz CT molecular complexity index is 750. The third-order valence-electron chi connectivity index (χ3n) is 2.70. The number of hydrogen-bond donors (Lipinski definition) is 0. The second-order valence-corrected chi connectivity index (χ2v) is 6.91. The minimum Gasteiger partial charge on any atom is -0.266 e. The fraction of sp³-hybridized carbons (Fsp3) is 0.0769. The average Bonchev–Trinajstić information content (AvgIpc) is 2.40. The van der Waals surface area contributed by atoms with E-state index in [9.17, 15) is 17.2 Å². The number of benzene rings is 2. The standard InChI is InChI=1S/C13H10BrF2NO2S/c1-17(13-8-10(15)5-6-12(13)16)20(18,19)11-4-2-3-9(14)7-11/h2-8H,1H3. The molecule has 0 atom stereocenters. The van der Waals surface area contributed by atoms with E-state index in [1.165, 1.54) is 19.2 Å². The Morgan fingerprint density at radius 2 is 1.80 bits per heavy atom. The Hall–Kier alpha value is -1.47. The van der Waals surface area contributed by atoms with E-state index in [0.717, 1.165) is 18.2 Å². The summed E-state index contributed by atoms with van der Waals surface area (Å²) >= 11 is 3.17. The highest BCUT2D eigenvalue weighted by Gasteiger charge is 2.24. The number of nitrogens with zero attached hydrogens (tertiary/aromatic N) is 1. The van der Waals surface area contributed by atoms with E-state index >= 15 is 0 Å². The zero-order valence-corrected chi connectivity index (χ0v) is 12.7. The highest BCUT2D eigenvalue weighted by molar-refractivity contribution is 9.10. The molecule has 0 aliphatic carbocycles. The molecule has 0 unspecified atom stereocenters. The van der Waals surface area contributed by atoms with Crippen molar-refractivity contribution in [3.8, 4) is 0 Å². The van der Waals surface area contributed by atoms with Crippen LogP contribution in [0.25, 0.3) is 0 Å². The lowest BCUT2D eigenvalue weighted by Crippen LogP contribution is -2.27. The molecule has 0 amide bonds. The second kappa shape index (κ2) is 5.49. The van der Waals surface area contributed by atoms with Gasteiger partial charge in [0.25, 0.3) is 10.0 Å². The van der Waals surface area contributed by atoms with Gasteiger partial charge in [-0.3, -0.25) is 4.31 Å². The summed E-state index contributed by atoms with van der Waals surface area (Å²) in [5.74, 6) is -1.52. The van der Waals surface area contributed by atoms with E-state index in [0.29, 0.717) is 8.78 Å². The minimum absolute atomic E-state index is 0.0157.